The zero-order valence-electron chi connectivity index (χ0n) is 15.6. The van der Waals surface area contributed by atoms with Crippen molar-refractivity contribution < 1.29 is 9.18 Å². The maximum absolute atomic E-state index is 13.9. The molecule has 3 heterocycles. The number of imidazole rings is 1. The minimum Gasteiger partial charge on any atom is -0.307 e. The SMILES string of the molecule is Cc1nc(NC(=O)Cc2cn3cccc(C)c3n2)sc1Cc1ccccc1F. The normalized spacial score (nSPS) is 11.1. The molecule has 0 aliphatic carbocycles. The van der Waals surface area contributed by atoms with Gasteiger partial charge in [0, 0.05) is 23.7 Å². The molecule has 28 heavy (non-hydrogen) atoms. The summed E-state index contributed by atoms with van der Waals surface area (Å²) < 4.78 is 15.8. The maximum atomic E-state index is 13.9. The van der Waals surface area contributed by atoms with Gasteiger partial charge in [0.1, 0.15) is 11.5 Å². The van der Waals surface area contributed by atoms with E-state index in [0.29, 0.717) is 22.8 Å². The Morgan fingerprint density at radius 3 is 2.79 bits per heavy atom. The third kappa shape index (κ3) is 3.80. The molecule has 0 aliphatic rings. The molecule has 4 rings (SSSR count). The van der Waals surface area contributed by atoms with Crippen molar-refractivity contribution in [2.24, 2.45) is 0 Å². The third-order valence-electron chi connectivity index (χ3n) is 4.52. The van der Waals surface area contributed by atoms with Gasteiger partial charge in [0.2, 0.25) is 5.91 Å². The minimum absolute atomic E-state index is 0.169. The average molecular weight is 394 g/mol. The fraction of sp³-hybridized carbons (Fsp3) is 0.190. The second-order valence-corrected chi connectivity index (χ2v) is 7.76. The van der Waals surface area contributed by atoms with Gasteiger partial charge < -0.3 is 9.72 Å². The fourth-order valence-electron chi connectivity index (χ4n) is 3.08. The summed E-state index contributed by atoms with van der Waals surface area (Å²) in [7, 11) is 0. The van der Waals surface area contributed by atoms with Crippen LogP contribution < -0.4 is 5.32 Å². The second-order valence-electron chi connectivity index (χ2n) is 6.68. The van der Waals surface area contributed by atoms with E-state index in [9.17, 15) is 9.18 Å². The van der Waals surface area contributed by atoms with Crippen LogP contribution in [0.1, 0.15) is 27.4 Å². The lowest BCUT2D eigenvalue weighted by molar-refractivity contribution is -0.115. The Balaban J connectivity index is 1.46. The standard InChI is InChI=1S/C21H19FN4OS/c1-13-6-5-9-26-12-16(24-20(13)26)11-19(27)25-21-23-14(2)18(28-21)10-15-7-3-4-8-17(15)22/h3-9,12H,10-11H2,1-2H3,(H,23,25,27). The number of hydrogen-bond acceptors (Lipinski definition) is 4. The minimum atomic E-state index is -0.233. The van der Waals surface area contributed by atoms with Gasteiger partial charge in [0.15, 0.2) is 5.13 Å². The number of hydrogen-bond donors (Lipinski definition) is 1. The van der Waals surface area contributed by atoms with Crippen molar-refractivity contribution in [1.29, 1.82) is 0 Å². The molecule has 142 valence electrons. The van der Waals surface area contributed by atoms with E-state index in [1.807, 2.05) is 48.8 Å². The Labute approximate surface area is 165 Å². The van der Waals surface area contributed by atoms with E-state index in [2.05, 4.69) is 15.3 Å². The Kier molecular flexibility index (Phi) is 4.92. The molecule has 0 aliphatic heterocycles. The maximum Gasteiger partial charge on any atom is 0.232 e. The molecule has 5 nitrogen and oxygen atoms in total. The Morgan fingerprint density at radius 2 is 2.00 bits per heavy atom. The predicted octanol–water partition coefficient (Wildman–Crippen LogP) is 4.32. The number of benzene rings is 1. The molecule has 1 aromatic carbocycles. The van der Waals surface area contributed by atoms with Gasteiger partial charge in [0.25, 0.3) is 0 Å². The topological polar surface area (TPSA) is 59.3 Å². The van der Waals surface area contributed by atoms with Gasteiger partial charge in [-0.05, 0) is 37.1 Å². The van der Waals surface area contributed by atoms with Gasteiger partial charge in [-0.1, -0.05) is 24.3 Å². The first-order chi connectivity index (χ1) is 13.5. The summed E-state index contributed by atoms with van der Waals surface area (Å²) in [6.07, 6.45) is 4.40. The number of amides is 1. The molecule has 4 aromatic rings. The zero-order chi connectivity index (χ0) is 19.7. The van der Waals surface area contributed by atoms with Gasteiger partial charge in [0.05, 0.1) is 17.8 Å². The largest absolute Gasteiger partial charge is 0.307 e. The summed E-state index contributed by atoms with van der Waals surface area (Å²) in [6, 6.07) is 10.6. The molecule has 0 unspecified atom stereocenters. The van der Waals surface area contributed by atoms with Gasteiger partial charge in [-0.2, -0.15) is 0 Å². The molecule has 0 saturated heterocycles. The zero-order valence-corrected chi connectivity index (χ0v) is 16.4. The van der Waals surface area contributed by atoms with Crippen molar-refractivity contribution in [1.82, 2.24) is 14.4 Å². The smallest absolute Gasteiger partial charge is 0.232 e. The first kappa shape index (κ1) is 18.3. The molecule has 0 fully saturated rings. The first-order valence-corrected chi connectivity index (χ1v) is 9.74. The van der Waals surface area contributed by atoms with Crippen LogP contribution in [0.15, 0.2) is 48.8 Å². The highest BCUT2D eigenvalue weighted by Crippen LogP contribution is 2.26. The van der Waals surface area contributed by atoms with Crippen molar-refractivity contribution in [3.63, 3.8) is 0 Å². The molecule has 1 amide bonds. The molecule has 0 saturated carbocycles. The Bertz CT molecular complexity index is 1160. The van der Waals surface area contributed by atoms with E-state index in [1.54, 1.807) is 12.1 Å². The van der Waals surface area contributed by atoms with Crippen LogP contribution in [0, 0.1) is 19.7 Å². The molecule has 0 radical (unpaired) electrons. The van der Waals surface area contributed by atoms with E-state index in [4.69, 9.17) is 0 Å². The summed E-state index contributed by atoms with van der Waals surface area (Å²) in [4.78, 5) is 22.3. The number of rotatable bonds is 5. The molecule has 3 aromatic heterocycles. The van der Waals surface area contributed by atoms with Crippen molar-refractivity contribution in [2.45, 2.75) is 26.7 Å². The van der Waals surface area contributed by atoms with Crippen LogP contribution >= 0.6 is 11.3 Å². The number of pyridine rings is 1. The van der Waals surface area contributed by atoms with Crippen LogP contribution in [-0.2, 0) is 17.6 Å². The van der Waals surface area contributed by atoms with E-state index in [1.165, 1.54) is 17.4 Å². The highest BCUT2D eigenvalue weighted by molar-refractivity contribution is 7.15. The van der Waals surface area contributed by atoms with Gasteiger partial charge in [-0.15, -0.1) is 11.3 Å². The van der Waals surface area contributed by atoms with Gasteiger partial charge in [-0.25, -0.2) is 14.4 Å². The summed E-state index contributed by atoms with van der Waals surface area (Å²) in [5, 5.41) is 3.36. The van der Waals surface area contributed by atoms with Gasteiger partial charge in [-0.3, -0.25) is 4.79 Å². The molecular formula is C21H19FN4OS. The van der Waals surface area contributed by atoms with Crippen molar-refractivity contribution in [3.8, 4) is 0 Å². The number of halogens is 1. The first-order valence-electron chi connectivity index (χ1n) is 8.92. The highest BCUT2D eigenvalue weighted by atomic mass is 32.1. The second kappa shape index (κ2) is 7.52. The molecule has 0 atom stereocenters. The lowest BCUT2D eigenvalue weighted by Gasteiger charge is -2.01. The number of thiazole rings is 1. The lowest BCUT2D eigenvalue weighted by atomic mass is 10.1. The van der Waals surface area contributed by atoms with Crippen LogP contribution in [0.25, 0.3) is 5.65 Å². The van der Waals surface area contributed by atoms with Gasteiger partial charge >= 0.3 is 0 Å². The number of nitrogens with zero attached hydrogens (tertiary/aromatic N) is 3. The predicted molar refractivity (Wildman–Crippen MR) is 108 cm³/mol. The molecular weight excluding hydrogens is 375 g/mol. The van der Waals surface area contributed by atoms with Crippen LogP contribution in [-0.4, -0.2) is 20.3 Å². The summed E-state index contributed by atoms with van der Waals surface area (Å²) in [5.74, 6) is -0.407. The third-order valence-corrected chi connectivity index (χ3v) is 5.59. The van der Waals surface area contributed by atoms with E-state index >= 15 is 0 Å². The Hall–Kier alpha value is -3.06. The van der Waals surface area contributed by atoms with Crippen molar-refractivity contribution >= 4 is 28.0 Å². The van der Waals surface area contributed by atoms with E-state index in [-0.39, 0.29) is 18.1 Å². The number of aryl methyl sites for hydroxylation is 2. The average Bonchev–Trinajstić information content (AvgIpc) is 3.21. The number of anilines is 1. The number of fused-ring (bicyclic) bond motifs is 1. The molecule has 0 bridgehead atoms. The number of nitrogens with one attached hydrogen (secondary N) is 1. The number of carbonyl (C=O) groups excluding carboxylic acids is 1. The van der Waals surface area contributed by atoms with Crippen LogP contribution in [0.2, 0.25) is 0 Å². The highest BCUT2D eigenvalue weighted by Gasteiger charge is 2.14. The van der Waals surface area contributed by atoms with Crippen LogP contribution in [0.3, 0.4) is 0 Å². The summed E-state index contributed by atoms with van der Waals surface area (Å²) in [5.41, 5.74) is 4.02. The quantitative estimate of drug-likeness (QED) is 0.548. The number of carbonyl (C=O) groups is 1. The molecule has 1 N–H and O–H groups in total. The fourth-order valence-corrected chi connectivity index (χ4v) is 4.08. The van der Waals surface area contributed by atoms with E-state index < -0.39 is 0 Å². The summed E-state index contributed by atoms with van der Waals surface area (Å²) >= 11 is 1.37. The Morgan fingerprint density at radius 1 is 1.18 bits per heavy atom. The van der Waals surface area contributed by atoms with Crippen molar-refractivity contribution in [3.05, 3.63) is 82.0 Å². The monoisotopic (exact) mass is 394 g/mol. The molecule has 7 heteroatoms. The van der Waals surface area contributed by atoms with E-state index in [0.717, 1.165) is 21.8 Å². The summed E-state index contributed by atoms with van der Waals surface area (Å²) in [6.45, 7) is 3.86. The van der Waals surface area contributed by atoms with Crippen molar-refractivity contribution in [2.75, 3.05) is 5.32 Å². The number of aromatic nitrogens is 3. The lowest BCUT2D eigenvalue weighted by Crippen LogP contribution is -2.14. The molecule has 0 spiro atoms. The van der Waals surface area contributed by atoms with Crippen LogP contribution in [0.5, 0.6) is 0 Å². The van der Waals surface area contributed by atoms with Crippen LogP contribution in [0.4, 0.5) is 9.52 Å².